The Bertz CT molecular complexity index is 161. The first kappa shape index (κ1) is 13.0. The Hall–Kier alpha value is -0.0800. The minimum atomic E-state index is 0.497. The molecule has 2 heteroatoms. The van der Waals surface area contributed by atoms with Crippen LogP contribution >= 0.6 is 0 Å². The quantitative estimate of drug-likeness (QED) is 0.732. The van der Waals surface area contributed by atoms with Gasteiger partial charge in [0.25, 0.3) is 0 Å². The van der Waals surface area contributed by atoms with Gasteiger partial charge in [-0.2, -0.15) is 0 Å². The first-order valence-electron chi connectivity index (χ1n) is 6.61. The lowest BCUT2D eigenvalue weighted by atomic mass is 9.85. The van der Waals surface area contributed by atoms with Gasteiger partial charge in [-0.1, -0.05) is 33.1 Å². The molecule has 0 saturated heterocycles. The molecule has 3 atom stereocenters. The average Bonchev–Trinajstić information content (AvgIpc) is 2.27. The first-order chi connectivity index (χ1) is 7.26. The van der Waals surface area contributed by atoms with Gasteiger partial charge in [0.05, 0.1) is 12.7 Å². The van der Waals surface area contributed by atoms with Gasteiger partial charge in [-0.15, -0.1) is 0 Å². The van der Waals surface area contributed by atoms with E-state index < -0.39 is 0 Å². The summed E-state index contributed by atoms with van der Waals surface area (Å²) in [6, 6.07) is 0.497. The van der Waals surface area contributed by atoms with E-state index in [1.54, 1.807) is 0 Å². The number of ether oxygens (including phenoxy) is 1. The Morgan fingerprint density at radius 3 is 2.80 bits per heavy atom. The molecule has 0 aromatic rings. The molecule has 0 heterocycles. The summed E-state index contributed by atoms with van der Waals surface area (Å²) >= 11 is 0. The van der Waals surface area contributed by atoms with Crippen molar-refractivity contribution in [2.24, 2.45) is 5.92 Å². The predicted molar refractivity (Wildman–Crippen MR) is 65.1 cm³/mol. The lowest BCUT2D eigenvalue weighted by Gasteiger charge is -2.29. The number of nitrogens with one attached hydrogen (secondary N) is 1. The molecule has 1 aliphatic carbocycles. The van der Waals surface area contributed by atoms with Crippen molar-refractivity contribution in [3.63, 3.8) is 0 Å². The van der Waals surface area contributed by atoms with Gasteiger partial charge in [-0.05, 0) is 32.2 Å². The summed E-state index contributed by atoms with van der Waals surface area (Å²) in [7, 11) is 0. The van der Waals surface area contributed by atoms with Crippen molar-refractivity contribution in [2.45, 2.75) is 65.0 Å². The first-order valence-corrected chi connectivity index (χ1v) is 6.61. The van der Waals surface area contributed by atoms with Crippen LogP contribution in [0, 0.1) is 5.92 Å². The summed E-state index contributed by atoms with van der Waals surface area (Å²) in [6.07, 6.45) is 7.19. The SMILES string of the molecule is CCNC(C)COC1CCCC(CC)C1. The van der Waals surface area contributed by atoms with Crippen molar-refractivity contribution in [2.75, 3.05) is 13.2 Å². The van der Waals surface area contributed by atoms with Crippen LogP contribution in [0.15, 0.2) is 0 Å². The standard InChI is InChI=1S/C13H27NO/c1-4-12-7-6-8-13(9-12)15-10-11(3)14-5-2/h11-14H,4-10H2,1-3H3. The van der Waals surface area contributed by atoms with Crippen LogP contribution in [0.4, 0.5) is 0 Å². The normalized spacial score (nSPS) is 29.0. The zero-order valence-corrected chi connectivity index (χ0v) is 10.6. The lowest BCUT2D eigenvalue weighted by Crippen LogP contribution is -2.33. The van der Waals surface area contributed by atoms with Crippen LogP contribution in [0.3, 0.4) is 0 Å². The van der Waals surface area contributed by atoms with Crippen molar-refractivity contribution in [3.05, 3.63) is 0 Å². The van der Waals surface area contributed by atoms with Gasteiger partial charge in [-0.3, -0.25) is 0 Å². The fourth-order valence-electron chi connectivity index (χ4n) is 2.45. The Labute approximate surface area is 94.8 Å². The van der Waals surface area contributed by atoms with Gasteiger partial charge in [0.15, 0.2) is 0 Å². The molecule has 3 unspecified atom stereocenters. The molecule has 0 radical (unpaired) electrons. The molecule has 1 rings (SSSR count). The van der Waals surface area contributed by atoms with Crippen molar-refractivity contribution < 1.29 is 4.74 Å². The molecule has 0 aliphatic heterocycles. The van der Waals surface area contributed by atoms with Crippen LogP contribution in [-0.4, -0.2) is 25.3 Å². The maximum absolute atomic E-state index is 5.97. The summed E-state index contributed by atoms with van der Waals surface area (Å²) < 4.78 is 5.97. The topological polar surface area (TPSA) is 21.3 Å². The Balaban J connectivity index is 2.14. The summed E-state index contributed by atoms with van der Waals surface area (Å²) in [5, 5.41) is 3.39. The van der Waals surface area contributed by atoms with E-state index in [0.717, 1.165) is 19.1 Å². The summed E-state index contributed by atoms with van der Waals surface area (Å²) in [5.41, 5.74) is 0. The van der Waals surface area contributed by atoms with Crippen LogP contribution in [0.25, 0.3) is 0 Å². The zero-order chi connectivity index (χ0) is 11.1. The largest absolute Gasteiger partial charge is 0.377 e. The molecule has 0 bridgehead atoms. The minimum Gasteiger partial charge on any atom is -0.377 e. The minimum absolute atomic E-state index is 0.497. The van der Waals surface area contributed by atoms with E-state index in [2.05, 4.69) is 26.1 Å². The molecule has 0 spiro atoms. The van der Waals surface area contributed by atoms with Crippen molar-refractivity contribution in [1.29, 1.82) is 0 Å². The molecule has 1 fully saturated rings. The third kappa shape index (κ3) is 4.98. The second-order valence-electron chi connectivity index (χ2n) is 4.85. The molecule has 0 aromatic carbocycles. The number of rotatable bonds is 6. The third-order valence-electron chi connectivity index (χ3n) is 3.45. The van der Waals surface area contributed by atoms with Crippen LogP contribution in [0.5, 0.6) is 0 Å². The number of likely N-dealkylation sites (N-methyl/N-ethyl adjacent to an activating group) is 1. The Morgan fingerprint density at radius 2 is 2.13 bits per heavy atom. The van der Waals surface area contributed by atoms with E-state index >= 15 is 0 Å². The maximum Gasteiger partial charge on any atom is 0.0620 e. The highest BCUT2D eigenvalue weighted by molar-refractivity contribution is 4.73. The fraction of sp³-hybridized carbons (Fsp3) is 1.00. The van der Waals surface area contributed by atoms with Gasteiger partial charge in [0.2, 0.25) is 0 Å². The zero-order valence-electron chi connectivity index (χ0n) is 10.6. The molecule has 15 heavy (non-hydrogen) atoms. The second-order valence-corrected chi connectivity index (χ2v) is 4.85. The van der Waals surface area contributed by atoms with Crippen molar-refractivity contribution in [3.8, 4) is 0 Å². The van der Waals surface area contributed by atoms with E-state index in [4.69, 9.17) is 4.74 Å². The van der Waals surface area contributed by atoms with Crippen LogP contribution in [0.2, 0.25) is 0 Å². The van der Waals surface area contributed by atoms with Crippen molar-refractivity contribution in [1.82, 2.24) is 5.32 Å². The van der Waals surface area contributed by atoms with E-state index in [9.17, 15) is 0 Å². The molecule has 1 aliphatic rings. The summed E-state index contributed by atoms with van der Waals surface area (Å²) in [6.45, 7) is 8.55. The molecule has 2 nitrogen and oxygen atoms in total. The Morgan fingerprint density at radius 1 is 1.33 bits per heavy atom. The van der Waals surface area contributed by atoms with E-state index in [-0.39, 0.29) is 0 Å². The Kier molecular flexibility index (Phi) is 6.26. The fourth-order valence-corrected chi connectivity index (χ4v) is 2.45. The van der Waals surface area contributed by atoms with Gasteiger partial charge in [-0.25, -0.2) is 0 Å². The molecular weight excluding hydrogens is 186 g/mol. The van der Waals surface area contributed by atoms with Gasteiger partial charge < -0.3 is 10.1 Å². The van der Waals surface area contributed by atoms with Crippen LogP contribution in [0.1, 0.15) is 52.9 Å². The monoisotopic (exact) mass is 213 g/mol. The maximum atomic E-state index is 5.97. The summed E-state index contributed by atoms with van der Waals surface area (Å²) in [4.78, 5) is 0. The average molecular weight is 213 g/mol. The number of hydrogen-bond donors (Lipinski definition) is 1. The highest BCUT2D eigenvalue weighted by atomic mass is 16.5. The second kappa shape index (κ2) is 7.24. The van der Waals surface area contributed by atoms with Gasteiger partial charge in [0, 0.05) is 6.04 Å². The molecule has 0 amide bonds. The van der Waals surface area contributed by atoms with Gasteiger partial charge in [0.1, 0.15) is 0 Å². The number of hydrogen-bond acceptors (Lipinski definition) is 2. The smallest absolute Gasteiger partial charge is 0.0620 e. The molecule has 1 saturated carbocycles. The highest BCUT2D eigenvalue weighted by Gasteiger charge is 2.21. The predicted octanol–water partition coefficient (Wildman–Crippen LogP) is 2.97. The van der Waals surface area contributed by atoms with Crippen molar-refractivity contribution >= 4 is 0 Å². The summed E-state index contributed by atoms with van der Waals surface area (Å²) in [5.74, 6) is 0.915. The lowest BCUT2D eigenvalue weighted by molar-refractivity contribution is 0.00384. The molecule has 90 valence electrons. The van der Waals surface area contributed by atoms with Crippen LogP contribution < -0.4 is 5.32 Å². The molecule has 0 aromatic heterocycles. The van der Waals surface area contributed by atoms with Crippen LogP contribution in [-0.2, 0) is 4.74 Å². The molecular formula is C13H27NO. The van der Waals surface area contributed by atoms with Gasteiger partial charge >= 0.3 is 0 Å². The van der Waals surface area contributed by atoms with E-state index in [1.165, 1.54) is 32.1 Å². The third-order valence-corrected chi connectivity index (χ3v) is 3.45. The highest BCUT2D eigenvalue weighted by Crippen LogP contribution is 2.28. The van der Waals surface area contributed by atoms with E-state index in [0.29, 0.717) is 12.1 Å². The molecule has 1 N–H and O–H groups in total. The van der Waals surface area contributed by atoms with E-state index in [1.807, 2.05) is 0 Å².